The Kier molecular flexibility index (Phi) is 29.7. The number of aliphatic hydroxyl groups is 1. The first-order valence-electron chi connectivity index (χ1n) is 12.7. The van der Waals surface area contributed by atoms with E-state index in [1.165, 1.54) is 82.8 Å². The minimum atomic E-state index is -1.19. The van der Waals surface area contributed by atoms with Crippen molar-refractivity contribution in [2.45, 2.75) is 104 Å². The Labute approximate surface area is 231 Å². The van der Waals surface area contributed by atoms with Gasteiger partial charge in [-0.05, 0) is 36.6 Å². The number of anilines is 1. The van der Waals surface area contributed by atoms with Crippen molar-refractivity contribution >= 4 is 23.6 Å². The molecule has 0 saturated heterocycles. The molecule has 1 aromatic rings. The zero-order valence-corrected chi connectivity index (χ0v) is 23.6. The molecular weight excluding hydrogens is 498 g/mol. The first-order chi connectivity index (χ1) is 16.6. The molecule has 0 heterocycles. The molecule has 0 bridgehead atoms. The Hall–Kier alpha value is -1.90. The number of hydrogen-bond acceptors (Lipinski definition) is 5. The second kappa shape index (κ2) is 27.7. The van der Waals surface area contributed by atoms with E-state index in [0.717, 1.165) is 18.8 Å². The number of carboxylic acid groups (broad SMARTS) is 3. The maximum absolute atomic E-state index is 10.3. The number of nitrogens with two attached hydrogens (primary N) is 1. The summed E-state index contributed by atoms with van der Waals surface area (Å²) in [6.45, 7) is 3.84. The normalized spacial score (nSPS) is 9.78. The number of hydrogen-bond donors (Lipinski definition) is 5. The molecule has 0 aromatic heterocycles. The topological polar surface area (TPSA) is 158 Å². The van der Waals surface area contributed by atoms with Crippen LogP contribution in [-0.2, 0) is 31.3 Å². The van der Waals surface area contributed by atoms with Gasteiger partial charge in [-0.2, -0.15) is 0 Å². The molecule has 206 valence electrons. The van der Waals surface area contributed by atoms with Crippen LogP contribution < -0.4 is 5.73 Å². The molecule has 0 unspecified atom stereocenters. The summed E-state index contributed by atoms with van der Waals surface area (Å²) < 4.78 is 0. The van der Waals surface area contributed by atoms with Gasteiger partial charge in [-0.25, -0.2) is 9.59 Å². The van der Waals surface area contributed by atoms with Crippen LogP contribution in [-0.4, -0.2) is 44.9 Å². The van der Waals surface area contributed by atoms with Crippen LogP contribution in [0.25, 0.3) is 0 Å². The van der Waals surface area contributed by atoms with Gasteiger partial charge < -0.3 is 26.2 Å². The van der Waals surface area contributed by atoms with Gasteiger partial charge in [-0.3, -0.25) is 4.79 Å². The number of carbonyl (C=O) groups is 3. The zero-order valence-electron chi connectivity index (χ0n) is 22.1. The van der Waals surface area contributed by atoms with Gasteiger partial charge in [-0.1, -0.05) is 90.9 Å². The van der Waals surface area contributed by atoms with Gasteiger partial charge in [0.05, 0.1) is 5.56 Å². The fourth-order valence-corrected chi connectivity index (χ4v) is 3.22. The third-order valence-electron chi connectivity index (χ3n) is 5.22. The number of rotatable bonds is 17. The Morgan fingerprint density at radius 1 is 0.694 bits per heavy atom. The fourth-order valence-electron chi connectivity index (χ4n) is 3.22. The van der Waals surface area contributed by atoms with Gasteiger partial charge in [0.15, 0.2) is 0 Å². The van der Waals surface area contributed by atoms with Crippen molar-refractivity contribution in [3.8, 4) is 0 Å². The van der Waals surface area contributed by atoms with Gasteiger partial charge in [0.1, 0.15) is 6.61 Å². The van der Waals surface area contributed by atoms with Crippen LogP contribution in [0.3, 0.4) is 0 Å². The van der Waals surface area contributed by atoms with Crippen LogP contribution in [0, 0.1) is 5.92 Å². The molecule has 0 saturated carbocycles. The molecule has 0 aliphatic rings. The Morgan fingerprint density at radius 3 is 1.36 bits per heavy atom. The van der Waals surface area contributed by atoms with Crippen LogP contribution in [0.15, 0.2) is 24.3 Å². The maximum atomic E-state index is 10.3. The zero-order chi connectivity index (χ0) is 26.9. The van der Waals surface area contributed by atoms with E-state index in [1.807, 2.05) is 0 Å². The molecule has 0 aliphatic heterocycles. The molecule has 6 N–H and O–H groups in total. The molecule has 8 nitrogen and oxygen atoms in total. The second-order valence-corrected chi connectivity index (χ2v) is 9.05. The van der Waals surface area contributed by atoms with Crippen LogP contribution >= 0.6 is 0 Å². The molecular formula is C27H47NO7Ti. The summed E-state index contributed by atoms with van der Waals surface area (Å²) in [7, 11) is 0. The average molecular weight is 546 g/mol. The molecule has 36 heavy (non-hydrogen) atoms. The van der Waals surface area contributed by atoms with Crippen molar-refractivity contribution in [1.29, 1.82) is 0 Å². The van der Waals surface area contributed by atoms with Gasteiger partial charge in [0.25, 0.3) is 0 Å². The van der Waals surface area contributed by atoms with E-state index in [2.05, 4.69) is 13.8 Å². The van der Waals surface area contributed by atoms with Crippen LogP contribution in [0.2, 0.25) is 0 Å². The Bertz CT molecular complexity index is 667. The summed E-state index contributed by atoms with van der Waals surface area (Å²) in [5.41, 5.74) is 6.17. The SMILES string of the molecule is CC(C)CCCCCCCCCCCCCCC(=O)O.Nc1ccc(C(=O)O)cc1.O=C(O)CO.[Ti]. The fraction of sp³-hybridized carbons (Fsp3) is 0.667. The second-order valence-electron chi connectivity index (χ2n) is 9.05. The summed E-state index contributed by atoms with van der Waals surface area (Å²) in [5.74, 6) is -1.91. The molecule has 0 amide bonds. The number of aliphatic carboxylic acids is 2. The van der Waals surface area contributed by atoms with Crippen molar-refractivity contribution < 1.29 is 56.5 Å². The van der Waals surface area contributed by atoms with E-state index < -0.39 is 24.5 Å². The van der Waals surface area contributed by atoms with Gasteiger partial charge in [0.2, 0.25) is 0 Å². The minimum absolute atomic E-state index is 0. The number of aliphatic hydroxyl groups excluding tert-OH is 1. The van der Waals surface area contributed by atoms with E-state index in [1.54, 1.807) is 12.1 Å². The van der Waals surface area contributed by atoms with Crippen molar-refractivity contribution in [3.05, 3.63) is 29.8 Å². The predicted molar refractivity (Wildman–Crippen MR) is 140 cm³/mol. The Morgan fingerprint density at radius 2 is 1.06 bits per heavy atom. The van der Waals surface area contributed by atoms with Crippen molar-refractivity contribution in [2.24, 2.45) is 5.92 Å². The van der Waals surface area contributed by atoms with Gasteiger partial charge >= 0.3 is 17.9 Å². The molecule has 0 spiro atoms. The van der Waals surface area contributed by atoms with E-state index in [9.17, 15) is 9.59 Å². The molecule has 9 heteroatoms. The largest absolute Gasteiger partial charge is 0.481 e. The summed E-state index contributed by atoms with van der Waals surface area (Å²) >= 11 is 0. The number of nitrogen functional groups attached to an aromatic ring is 1. The van der Waals surface area contributed by atoms with Crippen LogP contribution in [0.4, 0.5) is 5.69 Å². The van der Waals surface area contributed by atoms with E-state index in [0.29, 0.717) is 12.1 Å². The Balaban J connectivity index is -0.000000561. The standard InChI is InChI=1S/C18H36O2.C7H7NO2.C2H4O3.Ti/c1-17(2)15-13-11-9-7-5-3-4-6-8-10-12-14-16-18(19)20;8-6-3-1-5(2-4-6)7(9)10;3-1-2(4)5;/h17H,3-16H2,1-2H3,(H,19,20);1-4H,8H2,(H,9,10);3H,1H2,(H,4,5);. The number of carboxylic acids is 3. The smallest absolute Gasteiger partial charge is 0.335 e. The number of unbranched alkanes of at least 4 members (excludes halogenated alkanes) is 11. The van der Waals surface area contributed by atoms with E-state index in [4.69, 9.17) is 31.0 Å². The van der Waals surface area contributed by atoms with Crippen LogP contribution in [0.5, 0.6) is 0 Å². The molecule has 1 rings (SSSR count). The number of benzene rings is 1. The van der Waals surface area contributed by atoms with E-state index in [-0.39, 0.29) is 27.3 Å². The molecule has 0 aliphatic carbocycles. The summed E-state index contributed by atoms with van der Waals surface area (Å²) in [6, 6.07) is 6.06. The quantitative estimate of drug-likeness (QED) is 0.0877. The van der Waals surface area contributed by atoms with Crippen molar-refractivity contribution in [3.63, 3.8) is 0 Å². The third-order valence-corrected chi connectivity index (χ3v) is 5.22. The van der Waals surface area contributed by atoms with Crippen molar-refractivity contribution in [1.82, 2.24) is 0 Å². The third kappa shape index (κ3) is 32.1. The summed E-state index contributed by atoms with van der Waals surface area (Å²) in [4.78, 5) is 29.7. The van der Waals surface area contributed by atoms with E-state index >= 15 is 0 Å². The van der Waals surface area contributed by atoms with Gasteiger partial charge in [-0.15, -0.1) is 0 Å². The van der Waals surface area contributed by atoms with Gasteiger partial charge in [0, 0.05) is 33.8 Å². The monoisotopic (exact) mass is 545 g/mol. The molecule has 0 fully saturated rings. The van der Waals surface area contributed by atoms with Crippen molar-refractivity contribution in [2.75, 3.05) is 12.3 Å². The van der Waals surface area contributed by atoms with Crippen LogP contribution in [0.1, 0.15) is 114 Å². The first-order valence-corrected chi connectivity index (χ1v) is 12.7. The average Bonchev–Trinajstić information content (AvgIpc) is 2.80. The molecule has 0 atom stereocenters. The summed E-state index contributed by atoms with van der Waals surface area (Å²) in [6.07, 6.45) is 17.3. The molecule has 0 radical (unpaired) electrons. The molecule has 1 aromatic carbocycles. The summed E-state index contributed by atoms with van der Waals surface area (Å²) in [5, 5.41) is 32.0. The minimum Gasteiger partial charge on any atom is -0.481 e. The first kappa shape index (κ1) is 38.6. The maximum Gasteiger partial charge on any atom is 0.335 e. The predicted octanol–water partition coefficient (Wildman–Crippen LogP) is 6.22. The number of aromatic carboxylic acids is 1.